The third-order valence-electron chi connectivity index (χ3n) is 13.4. The molecule has 6 N–H and O–H groups in total. The number of carbonyl (C=O) groups is 4. The number of esters is 2. The molecule has 6 rings (SSSR count). The molecule has 2 bridgehead atoms. The highest BCUT2D eigenvalue weighted by Gasteiger charge is 2.76. The molecule has 14 heteroatoms. The van der Waals surface area contributed by atoms with Gasteiger partial charge in [-0.2, -0.15) is 0 Å². The van der Waals surface area contributed by atoms with E-state index in [9.17, 15) is 44.7 Å². The van der Waals surface area contributed by atoms with Crippen molar-refractivity contribution in [1.82, 2.24) is 5.32 Å². The van der Waals surface area contributed by atoms with Crippen molar-refractivity contribution in [2.75, 3.05) is 13.2 Å². The molecule has 4 aliphatic carbocycles. The predicted octanol–water partition coefficient (Wildman–Crippen LogP) is 2.67. The second-order valence-corrected chi connectivity index (χ2v) is 16.7. The zero-order valence-corrected chi connectivity index (χ0v) is 32.1. The number of benzene rings is 1. The van der Waals surface area contributed by atoms with Gasteiger partial charge in [0, 0.05) is 24.2 Å². The highest BCUT2D eigenvalue weighted by Crippen LogP contribution is 2.63. The van der Waals surface area contributed by atoms with E-state index in [-0.39, 0.29) is 42.3 Å². The molecule has 0 spiro atoms. The standard InChI is InChI=1S/C41H55NO13/c1-6-7-18-52-37(49)42-29(23-14-10-8-11-15-23)31(45)36(48)54-25-20-41(51)34(55-35(47)24-16-12-9-13-17-24)32-39(5,26(43)19-27-40(32,50)21-53-27)33(46)30(44)28(22(25)2)38(41,3)4/h6-7,9,12-13,16-17,23,25-27,29-32,34,43-45,50-51H,8,10-11,14-15,18-21H2,1-5H3,(H,42,49)/b7-6+/t25?,26?,27?,29?,30?,31?,32?,34?,39-,40+,41?/m1/s1. The number of ketones is 1. The van der Waals surface area contributed by atoms with Crippen molar-refractivity contribution in [3.8, 4) is 0 Å². The average molecular weight is 770 g/mol. The number of amides is 1. The van der Waals surface area contributed by atoms with Crippen LogP contribution in [0.5, 0.6) is 0 Å². The molecule has 1 aromatic rings. The Labute approximate surface area is 320 Å². The van der Waals surface area contributed by atoms with Crippen LogP contribution < -0.4 is 5.32 Å². The maximum Gasteiger partial charge on any atom is 0.407 e. The minimum absolute atomic E-state index is 0.0142. The number of Topliss-reactive ketones (excluding diaryl/α,β-unsaturated/α-hetero) is 1. The molecule has 1 aliphatic heterocycles. The molecule has 3 saturated carbocycles. The van der Waals surface area contributed by atoms with Gasteiger partial charge in [0.05, 0.1) is 35.8 Å². The van der Waals surface area contributed by atoms with E-state index in [1.807, 2.05) is 0 Å². The van der Waals surface area contributed by atoms with Gasteiger partial charge in [0.2, 0.25) is 0 Å². The quantitative estimate of drug-likeness (QED) is 0.121. The van der Waals surface area contributed by atoms with Gasteiger partial charge in [-0.1, -0.05) is 63.5 Å². The number of nitrogens with one attached hydrogen (secondary N) is 1. The minimum atomic E-state index is -2.28. The molecule has 55 heavy (non-hydrogen) atoms. The third kappa shape index (κ3) is 6.82. The van der Waals surface area contributed by atoms with Crippen LogP contribution in [0.2, 0.25) is 0 Å². The summed E-state index contributed by atoms with van der Waals surface area (Å²) < 4.78 is 23.1. The first kappa shape index (κ1) is 41.0. The van der Waals surface area contributed by atoms with Gasteiger partial charge in [0.1, 0.15) is 36.1 Å². The number of hydrogen-bond donors (Lipinski definition) is 6. The molecular weight excluding hydrogens is 714 g/mol. The van der Waals surface area contributed by atoms with Crippen molar-refractivity contribution in [3.05, 3.63) is 59.2 Å². The summed E-state index contributed by atoms with van der Waals surface area (Å²) in [5, 5.41) is 63.4. The molecule has 1 aromatic carbocycles. The van der Waals surface area contributed by atoms with E-state index in [1.165, 1.54) is 19.1 Å². The first-order valence-electron chi connectivity index (χ1n) is 19.3. The maximum absolute atomic E-state index is 14.7. The van der Waals surface area contributed by atoms with Gasteiger partial charge in [0.25, 0.3) is 0 Å². The number of allylic oxidation sites excluding steroid dienone is 1. The number of ether oxygens (including phenoxy) is 4. The van der Waals surface area contributed by atoms with Crippen LogP contribution >= 0.6 is 0 Å². The summed E-state index contributed by atoms with van der Waals surface area (Å²) in [4.78, 5) is 55.4. The van der Waals surface area contributed by atoms with Crippen LogP contribution in [-0.4, -0.2) is 116 Å². The second-order valence-electron chi connectivity index (χ2n) is 16.7. The average Bonchev–Trinajstić information content (AvgIpc) is 3.16. The van der Waals surface area contributed by atoms with Gasteiger partial charge in [-0.3, -0.25) is 4.79 Å². The Bertz CT molecular complexity index is 1700. The van der Waals surface area contributed by atoms with Gasteiger partial charge in [-0.05, 0) is 62.8 Å². The summed E-state index contributed by atoms with van der Waals surface area (Å²) in [7, 11) is 0. The molecule has 0 radical (unpaired) electrons. The summed E-state index contributed by atoms with van der Waals surface area (Å²) >= 11 is 0. The maximum atomic E-state index is 14.7. The van der Waals surface area contributed by atoms with E-state index in [1.54, 1.807) is 58.0 Å². The van der Waals surface area contributed by atoms with Crippen LogP contribution in [0, 0.1) is 22.7 Å². The van der Waals surface area contributed by atoms with Crippen LogP contribution in [0.15, 0.2) is 53.6 Å². The zero-order valence-electron chi connectivity index (χ0n) is 32.1. The lowest BCUT2D eigenvalue weighted by Gasteiger charge is -2.66. The Morgan fingerprint density at radius 2 is 1.71 bits per heavy atom. The molecule has 1 saturated heterocycles. The SMILES string of the molecule is C/C=C/COC(=O)NC(C1CCCCC1)C(O)C(=O)OC1CC2(O)C(OC(=O)c3ccccc3)C3[C@]4(O)COC4CC(O)[C@@]3(C)C(=O)C(O)C(=C1C)C2(C)C. The van der Waals surface area contributed by atoms with Gasteiger partial charge >= 0.3 is 18.0 Å². The van der Waals surface area contributed by atoms with E-state index in [4.69, 9.17) is 18.9 Å². The first-order valence-corrected chi connectivity index (χ1v) is 19.3. The number of fused-ring (bicyclic) bond motifs is 5. The van der Waals surface area contributed by atoms with E-state index < -0.39 is 101 Å². The van der Waals surface area contributed by atoms with Crippen LogP contribution in [-0.2, 0) is 28.5 Å². The number of carbonyl (C=O) groups excluding carboxylic acids is 4. The van der Waals surface area contributed by atoms with E-state index in [0.29, 0.717) is 12.8 Å². The number of aliphatic hydroxyl groups is 5. The van der Waals surface area contributed by atoms with Crippen molar-refractivity contribution in [1.29, 1.82) is 0 Å². The fourth-order valence-corrected chi connectivity index (χ4v) is 10.1. The Kier molecular flexibility index (Phi) is 11.4. The molecular formula is C41H55NO13. The fraction of sp³-hybridized carbons (Fsp3) is 0.659. The largest absolute Gasteiger partial charge is 0.456 e. The molecule has 1 amide bonds. The third-order valence-corrected chi connectivity index (χ3v) is 13.4. The number of aliphatic hydroxyl groups excluding tert-OH is 3. The monoisotopic (exact) mass is 769 g/mol. The van der Waals surface area contributed by atoms with E-state index >= 15 is 0 Å². The Balaban J connectivity index is 1.42. The van der Waals surface area contributed by atoms with Crippen molar-refractivity contribution in [3.63, 3.8) is 0 Å². The molecule has 4 fully saturated rings. The molecule has 302 valence electrons. The molecule has 14 nitrogen and oxygen atoms in total. The Morgan fingerprint density at radius 3 is 2.33 bits per heavy atom. The van der Waals surface area contributed by atoms with Crippen molar-refractivity contribution in [2.24, 2.45) is 22.7 Å². The summed E-state index contributed by atoms with van der Waals surface area (Å²) in [5.41, 5.74) is -7.37. The summed E-state index contributed by atoms with van der Waals surface area (Å²) in [6.45, 7) is 7.53. The lowest BCUT2D eigenvalue weighted by molar-refractivity contribution is -0.343. The number of rotatable bonds is 9. The van der Waals surface area contributed by atoms with Gasteiger partial charge in [0.15, 0.2) is 11.9 Å². The number of alkyl carbamates (subject to hydrolysis) is 1. The molecule has 9 unspecified atom stereocenters. The Hall–Kier alpha value is -3.66. The summed E-state index contributed by atoms with van der Waals surface area (Å²) in [5.74, 6) is -4.67. The van der Waals surface area contributed by atoms with Crippen molar-refractivity contribution >= 4 is 23.8 Å². The van der Waals surface area contributed by atoms with Crippen molar-refractivity contribution in [2.45, 2.75) is 133 Å². The van der Waals surface area contributed by atoms with Crippen LogP contribution in [0.4, 0.5) is 4.79 Å². The van der Waals surface area contributed by atoms with Crippen molar-refractivity contribution < 1.29 is 63.7 Å². The fourth-order valence-electron chi connectivity index (χ4n) is 10.1. The Morgan fingerprint density at radius 1 is 1.04 bits per heavy atom. The lowest BCUT2D eigenvalue weighted by atomic mass is 9.44. The van der Waals surface area contributed by atoms with Crippen LogP contribution in [0.1, 0.15) is 89.9 Å². The highest BCUT2D eigenvalue weighted by molar-refractivity contribution is 5.94. The van der Waals surface area contributed by atoms with Gasteiger partial charge in [-0.25, -0.2) is 14.4 Å². The second kappa shape index (κ2) is 15.4. The minimum Gasteiger partial charge on any atom is -0.456 e. The topological polar surface area (TPSA) is 218 Å². The smallest absolute Gasteiger partial charge is 0.407 e. The van der Waals surface area contributed by atoms with Gasteiger partial charge in [-0.15, -0.1) is 0 Å². The van der Waals surface area contributed by atoms with Crippen LogP contribution in [0.3, 0.4) is 0 Å². The zero-order chi connectivity index (χ0) is 40.1. The molecule has 0 aromatic heterocycles. The first-order chi connectivity index (χ1) is 25.9. The summed E-state index contributed by atoms with van der Waals surface area (Å²) in [6.07, 6.45) is -3.61. The van der Waals surface area contributed by atoms with Crippen LogP contribution in [0.25, 0.3) is 0 Å². The molecule has 1 heterocycles. The summed E-state index contributed by atoms with van der Waals surface area (Å²) in [6, 6.07) is 6.87. The van der Waals surface area contributed by atoms with E-state index in [0.717, 1.165) is 19.3 Å². The molecule has 5 aliphatic rings. The predicted molar refractivity (Wildman–Crippen MR) is 195 cm³/mol. The van der Waals surface area contributed by atoms with Gasteiger partial charge < -0.3 is 49.8 Å². The normalized spacial score (nSPS) is 36.9. The lowest BCUT2D eigenvalue weighted by Crippen LogP contribution is -2.81. The highest BCUT2D eigenvalue weighted by atomic mass is 16.6. The molecule has 11 atom stereocenters. The number of hydrogen-bond acceptors (Lipinski definition) is 13. The van der Waals surface area contributed by atoms with E-state index in [2.05, 4.69) is 5.32 Å².